The van der Waals surface area contributed by atoms with Crippen LogP contribution < -0.4 is 0 Å². The molecule has 16 heavy (non-hydrogen) atoms. The van der Waals surface area contributed by atoms with E-state index in [1.807, 2.05) is 6.92 Å². The van der Waals surface area contributed by atoms with Gasteiger partial charge in [-0.1, -0.05) is 0 Å². The van der Waals surface area contributed by atoms with E-state index >= 15 is 0 Å². The second kappa shape index (κ2) is 8.93. The first-order valence-corrected chi connectivity index (χ1v) is 6.14. The molecule has 0 saturated carbocycles. The molecule has 0 aliphatic carbocycles. The van der Waals surface area contributed by atoms with Crippen molar-refractivity contribution < 1.29 is 20.1 Å². The molecule has 0 fully saturated rings. The standard InChI is InChI=1S/C12H26O4/c1-11(7-3-5-9-13)16-12(2,15)8-4-6-10-14/h11,13-15H,3-10H2,1-2H3. The van der Waals surface area contributed by atoms with Crippen molar-refractivity contribution in [2.75, 3.05) is 13.2 Å². The fraction of sp³-hybridized carbons (Fsp3) is 1.00. The topological polar surface area (TPSA) is 69.9 Å². The maximum Gasteiger partial charge on any atom is 0.162 e. The molecule has 4 heteroatoms. The molecule has 3 N–H and O–H groups in total. The summed E-state index contributed by atoms with van der Waals surface area (Å²) in [5.74, 6) is -1.10. The monoisotopic (exact) mass is 234 g/mol. The van der Waals surface area contributed by atoms with Gasteiger partial charge in [0, 0.05) is 19.6 Å². The molecule has 98 valence electrons. The Morgan fingerprint density at radius 1 is 1.06 bits per heavy atom. The zero-order valence-electron chi connectivity index (χ0n) is 10.5. The van der Waals surface area contributed by atoms with E-state index in [1.54, 1.807) is 6.92 Å². The van der Waals surface area contributed by atoms with Crippen LogP contribution in [0.15, 0.2) is 0 Å². The van der Waals surface area contributed by atoms with Gasteiger partial charge in [0.25, 0.3) is 0 Å². The largest absolute Gasteiger partial charge is 0.396 e. The maximum atomic E-state index is 9.91. The molecule has 2 atom stereocenters. The molecule has 0 radical (unpaired) electrons. The minimum Gasteiger partial charge on any atom is -0.396 e. The molecule has 0 aromatic rings. The van der Waals surface area contributed by atoms with Crippen LogP contribution in [0.25, 0.3) is 0 Å². The summed E-state index contributed by atoms with van der Waals surface area (Å²) < 4.78 is 5.52. The SMILES string of the molecule is CC(CCCCO)OC(C)(O)CCCCO. The summed E-state index contributed by atoms with van der Waals surface area (Å²) in [4.78, 5) is 0. The highest BCUT2D eigenvalue weighted by Gasteiger charge is 2.22. The van der Waals surface area contributed by atoms with E-state index < -0.39 is 5.79 Å². The van der Waals surface area contributed by atoms with Gasteiger partial charge in [-0.05, 0) is 46.0 Å². The van der Waals surface area contributed by atoms with Crippen LogP contribution in [0.3, 0.4) is 0 Å². The van der Waals surface area contributed by atoms with Gasteiger partial charge in [0.05, 0.1) is 6.10 Å². The lowest BCUT2D eigenvalue weighted by molar-refractivity contribution is -0.219. The van der Waals surface area contributed by atoms with Gasteiger partial charge in [0.1, 0.15) is 0 Å². The molecule has 0 spiro atoms. The lowest BCUT2D eigenvalue weighted by Gasteiger charge is -2.27. The van der Waals surface area contributed by atoms with Crippen molar-refractivity contribution in [2.45, 2.75) is 64.3 Å². The first kappa shape index (κ1) is 15.8. The van der Waals surface area contributed by atoms with Crippen molar-refractivity contribution in [3.8, 4) is 0 Å². The smallest absolute Gasteiger partial charge is 0.162 e. The van der Waals surface area contributed by atoms with Crippen LogP contribution in [0.1, 0.15) is 52.4 Å². The maximum absolute atomic E-state index is 9.91. The van der Waals surface area contributed by atoms with Crippen molar-refractivity contribution >= 4 is 0 Å². The summed E-state index contributed by atoms with van der Waals surface area (Å²) >= 11 is 0. The quantitative estimate of drug-likeness (QED) is 0.395. The Bertz CT molecular complexity index is 159. The van der Waals surface area contributed by atoms with Gasteiger partial charge in [0.15, 0.2) is 5.79 Å². The summed E-state index contributed by atoms with van der Waals surface area (Å²) in [5, 5.41) is 27.2. The van der Waals surface area contributed by atoms with Gasteiger partial charge in [-0.2, -0.15) is 0 Å². The van der Waals surface area contributed by atoms with Crippen molar-refractivity contribution in [1.82, 2.24) is 0 Å². The Balaban J connectivity index is 3.67. The van der Waals surface area contributed by atoms with E-state index in [4.69, 9.17) is 14.9 Å². The summed E-state index contributed by atoms with van der Waals surface area (Å²) in [6, 6.07) is 0. The van der Waals surface area contributed by atoms with E-state index in [2.05, 4.69) is 0 Å². The van der Waals surface area contributed by atoms with Crippen LogP contribution in [-0.4, -0.2) is 40.4 Å². The highest BCUT2D eigenvalue weighted by atomic mass is 16.6. The third-order valence-electron chi connectivity index (χ3n) is 2.52. The molecular weight excluding hydrogens is 208 g/mol. The molecule has 4 nitrogen and oxygen atoms in total. The minimum absolute atomic E-state index is 0.00400. The second-order valence-corrected chi connectivity index (χ2v) is 4.50. The van der Waals surface area contributed by atoms with E-state index in [1.165, 1.54) is 0 Å². The Labute approximate surface area is 98.2 Å². The Hall–Kier alpha value is -0.160. The highest BCUT2D eigenvalue weighted by Crippen LogP contribution is 2.19. The van der Waals surface area contributed by atoms with Crippen LogP contribution in [0.5, 0.6) is 0 Å². The molecule has 0 aromatic heterocycles. The number of hydrogen-bond acceptors (Lipinski definition) is 4. The highest BCUT2D eigenvalue weighted by molar-refractivity contribution is 4.63. The van der Waals surface area contributed by atoms with Gasteiger partial charge >= 0.3 is 0 Å². The zero-order chi connectivity index (χ0) is 12.4. The van der Waals surface area contributed by atoms with Crippen molar-refractivity contribution in [3.63, 3.8) is 0 Å². The van der Waals surface area contributed by atoms with E-state index in [9.17, 15) is 5.11 Å². The Morgan fingerprint density at radius 2 is 1.62 bits per heavy atom. The Morgan fingerprint density at radius 3 is 2.19 bits per heavy atom. The zero-order valence-corrected chi connectivity index (χ0v) is 10.5. The first-order chi connectivity index (χ1) is 7.52. The molecular formula is C12H26O4. The molecule has 0 saturated heterocycles. The second-order valence-electron chi connectivity index (χ2n) is 4.50. The van der Waals surface area contributed by atoms with Crippen LogP contribution >= 0.6 is 0 Å². The normalized spacial score (nSPS) is 17.1. The van der Waals surface area contributed by atoms with E-state index in [0.29, 0.717) is 12.8 Å². The predicted octanol–water partition coefficient (Wildman–Crippen LogP) is 1.43. The van der Waals surface area contributed by atoms with Crippen LogP contribution in [0.4, 0.5) is 0 Å². The van der Waals surface area contributed by atoms with Gasteiger partial charge in [-0.3, -0.25) is 0 Å². The van der Waals surface area contributed by atoms with Gasteiger partial charge < -0.3 is 20.1 Å². The number of hydrogen-bond donors (Lipinski definition) is 3. The molecule has 0 bridgehead atoms. The lowest BCUT2D eigenvalue weighted by atomic mass is 10.1. The number of aliphatic hydroxyl groups excluding tert-OH is 2. The fourth-order valence-corrected chi connectivity index (χ4v) is 1.66. The first-order valence-electron chi connectivity index (χ1n) is 6.14. The number of unbranched alkanes of at least 4 members (excludes halogenated alkanes) is 2. The summed E-state index contributed by atoms with van der Waals surface area (Å²) in [6.45, 7) is 3.95. The fourth-order valence-electron chi connectivity index (χ4n) is 1.66. The predicted molar refractivity (Wildman–Crippen MR) is 63.0 cm³/mol. The summed E-state index contributed by atoms with van der Waals surface area (Å²) in [6.07, 6.45) is 4.51. The lowest BCUT2D eigenvalue weighted by Crippen LogP contribution is -2.32. The molecule has 0 aliphatic heterocycles. The Kier molecular flexibility index (Phi) is 8.84. The molecule has 0 amide bonds. The van der Waals surface area contributed by atoms with Crippen LogP contribution in [-0.2, 0) is 4.74 Å². The van der Waals surface area contributed by atoms with Gasteiger partial charge in [-0.25, -0.2) is 0 Å². The van der Waals surface area contributed by atoms with E-state index in [0.717, 1.165) is 25.7 Å². The number of ether oxygens (including phenoxy) is 1. The molecule has 0 aromatic carbocycles. The third-order valence-corrected chi connectivity index (χ3v) is 2.52. The van der Waals surface area contributed by atoms with Crippen LogP contribution in [0.2, 0.25) is 0 Å². The van der Waals surface area contributed by atoms with Crippen molar-refractivity contribution in [3.05, 3.63) is 0 Å². The van der Waals surface area contributed by atoms with Crippen LogP contribution in [0, 0.1) is 0 Å². The average molecular weight is 234 g/mol. The molecule has 0 rings (SSSR count). The average Bonchev–Trinajstić information content (AvgIpc) is 2.17. The molecule has 0 aliphatic rings. The molecule has 0 heterocycles. The minimum atomic E-state index is -1.10. The van der Waals surface area contributed by atoms with E-state index in [-0.39, 0.29) is 19.3 Å². The number of aliphatic hydroxyl groups is 3. The third kappa shape index (κ3) is 9.09. The van der Waals surface area contributed by atoms with Crippen molar-refractivity contribution in [2.24, 2.45) is 0 Å². The molecule has 2 unspecified atom stereocenters. The van der Waals surface area contributed by atoms with Gasteiger partial charge in [-0.15, -0.1) is 0 Å². The number of rotatable bonds is 10. The van der Waals surface area contributed by atoms with Crippen molar-refractivity contribution in [1.29, 1.82) is 0 Å². The summed E-state index contributed by atoms with van der Waals surface area (Å²) in [5.41, 5.74) is 0. The van der Waals surface area contributed by atoms with Gasteiger partial charge in [0.2, 0.25) is 0 Å². The summed E-state index contributed by atoms with van der Waals surface area (Å²) in [7, 11) is 0.